The molecule has 3 aromatic rings. The Labute approximate surface area is 140 Å². The van der Waals surface area contributed by atoms with Crippen LogP contribution in [-0.4, -0.2) is 37.9 Å². The van der Waals surface area contributed by atoms with Crippen molar-refractivity contribution in [2.45, 2.75) is 25.5 Å². The summed E-state index contributed by atoms with van der Waals surface area (Å²) in [5, 5.41) is 10.4. The van der Waals surface area contributed by atoms with Gasteiger partial charge < -0.3 is 10.0 Å². The van der Waals surface area contributed by atoms with Gasteiger partial charge in [-0.25, -0.2) is 4.98 Å². The number of nitrogens with zero attached hydrogens (tertiary/aromatic N) is 3. The molecular weight excluding hydrogens is 302 g/mol. The summed E-state index contributed by atoms with van der Waals surface area (Å²) in [5.74, 6) is -0.0865. The minimum Gasteiger partial charge on any atom is -0.391 e. The van der Waals surface area contributed by atoms with Gasteiger partial charge in [0.15, 0.2) is 0 Å². The molecule has 122 valence electrons. The molecule has 2 atom stereocenters. The van der Waals surface area contributed by atoms with Crippen molar-refractivity contribution in [2.75, 3.05) is 6.54 Å². The van der Waals surface area contributed by atoms with E-state index in [1.807, 2.05) is 66.1 Å². The second-order valence-corrected chi connectivity index (χ2v) is 6.18. The first-order valence-corrected chi connectivity index (χ1v) is 8.14. The number of rotatable bonds is 2. The van der Waals surface area contributed by atoms with Crippen molar-refractivity contribution >= 4 is 11.6 Å². The lowest BCUT2D eigenvalue weighted by atomic mass is 10.0. The maximum absolute atomic E-state index is 13.2. The molecule has 1 fully saturated rings. The van der Waals surface area contributed by atoms with Gasteiger partial charge in [0.1, 0.15) is 11.3 Å². The molecule has 1 amide bonds. The first kappa shape index (κ1) is 14.9. The number of carbonyl (C=O) groups is 1. The van der Waals surface area contributed by atoms with Crippen LogP contribution >= 0.6 is 0 Å². The van der Waals surface area contributed by atoms with Crippen LogP contribution in [0.5, 0.6) is 0 Å². The van der Waals surface area contributed by atoms with Crippen LogP contribution in [0.3, 0.4) is 0 Å². The SMILES string of the molecule is Cc1nc2ccccn2c1C(=O)N1CC[C@@H](O)[C@H]1c1ccccc1. The number of benzene rings is 1. The molecule has 1 aromatic carbocycles. The number of imidazole rings is 1. The zero-order valence-electron chi connectivity index (χ0n) is 13.5. The topological polar surface area (TPSA) is 57.8 Å². The van der Waals surface area contributed by atoms with Gasteiger partial charge in [0.25, 0.3) is 5.91 Å². The summed E-state index contributed by atoms with van der Waals surface area (Å²) in [7, 11) is 0. The summed E-state index contributed by atoms with van der Waals surface area (Å²) < 4.78 is 1.82. The molecule has 0 spiro atoms. The molecule has 5 heteroatoms. The van der Waals surface area contributed by atoms with Crippen molar-refractivity contribution in [3.05, 3.63) is 71.7 Å². The molecular formula is C19H19N3O2. The second kappa shape index (κ2) is 5.76. The normalized spacial score (nSPS) is 20.7. The van der Waals surface area contributed by atoms with Crippen molar-refractivity contribution in [3.8, 4) is 0 Å². The number of fused-ring (bicyclic) bond motifs is 1. The van der Waals surface area contributed by atoms with Crippen LogP contribution in [0.2, 0.25) is 0 Å². The predicted octanol–water partition coefficient (Wildman–Crippen LogP) is 2.59. The number of carbonyl (C=O) groups excluding carboxylic acids is 1. The molecule has 3 heterocycles. The molecule has 0 unspecified atom stereocenters. The Kier molecular flexibility index (Phi) is 3.58. The summed E-state index contributed by atoms with van der Waals surface area (Å²) in [5.41, 5.74) is 3.00. The summed E-state index contributed by atoms with van der Waals surface area (Å²) in [6.07, 6.45) is 1.89. The van der Waals surface area contributed by atoms with Gasteiger partial charge in [0.2, 0.25) is 0 Å². The van der Waals surface area contributed by atoms with Crippen LogP contribution < -0.4 is 0 Å². The molecule has 0 bridgehead atoms. The highest BCUT2D eigenvalue weighted by molar-refractivity contribution is 5.95. The fraction of sp³-hybridized carbons (Fsp3) is 0.263. The van der Waals surface area contributed by atoms with Crippen molar-refractivity contribution in [3.63, 3.8) is 0 Å². The Morgan fingerprint density at radius 1 is 1.17 bits per heavy atom. The molecule has 1 aliphatic rings. The number of amides is 1. The molecule has 2 aromatic heterocycles. The Balaban J connectivity index is 1.77. The van der Waals surface area contributed by atoms with Gasteiger partial charge in [0.05, 0.1) is 17.8 Å². The molecule has 1 N–H and O–H groups in total. The van der Waals surface area contributed by atoms with E-state index in [9.17, 15) is 9.90 Å². The van der Waals surface area contributed by atoms with E-state index in [4.69, 9.17) is 0 Å². The molecule has 4 rings (SSSR count). The van der Waals surface area contributed by atoms with Crippen LogP contribution in [0.1, 0.15) is 34.2 Å². The molecule has 5 nitrogen and oxygen atoms in total. The van der Waals surface area contributed by atoms with Gasteiger partial charge >= 0.3 is 0 Å². The van der Waals surface area contributed by atoms with Crippen molar-refractivity contribution in [2.24, 2.45) is 0 Å². The number of hydrogen-bond acceptors (Lipinski definition) is 3. The van der Waals surface area contributed by atoms with E-state index in [1.54, 1.807) is 4.90 Å². The number of pyridine rings is 1. The van der Waals surface area contributed by atoms with Crippen molar-refractivity contribution in [1.29, 1.82) is 0 Å². The quantitative estimate of drug-likeness (QED) is 0.789. The van der Waals surface area contributed by atoms with Crippen LogP contribution in [0.15, 0.2) is 54.7 Å². The maximum atomic E-state index is 13.2. The lowest BCUT2D eigenvalue weighted by Crippen LogP contribution is -2.34. The van der Waals surface area contributed by atoms with E-state index >= 15 is 0 Å². The number of hydrogen-bond donors (Lipinski definition) is 1. The van der Waals surface area contributed by atoms with E-state index < -0.39 is 6.10 Å². The second-order valence-electron chi connectivity index (χ2n) is 6.18. The van der Waals surface area contributed by atoms with Gasteiger partial charge in [-0.05, 0) is 31.0 Å². The molecule has 24 heavy (non-hydrogen) atoms. The highest BCUT2D eigenvalue weighted by atomic mass is 16.3. The number of likely N-dealkylation sites (tertiary alicyclic amines) is 1. The third-order valence-electron chi connectivity index (χ3n) is 4.67. The summed E-state index contributed by atoms with van der Waals surface area (Å²) in [4.78, 5) is 19.5. The number of aliphatic hydroxyl groups is 1. The zero-order valence-corrected chi connectivity index (χ0v) is 13.5. The Morgan fingerprint density at radius 3 is 2.71 bits per heavy atom. The van der Waals surface area contributed by atoms with E-state index in [0.29, 0.717) is 24.4 Å². The summed E-state index contributed by atoms with van der Waals surface area (Å²) in [6, 6.07) is 15.1. The van der Waals surface area contributed by atoms with Gasteiger partial charge in [-0.15, -0.1) is 0 Å². The molecule has 1 aliphatic heterocycles. The van der Waals surface area contributed by atoms with Gasteiger partial charge in [-0.1, -0.05) is 36.4 Å². The van der Waals surface area contributed by atoms with Gasteiger partial charge in [0, 0.05) is 12.7 Å². The minimum absolute atomic E-state index is 0.0865. The number of aromatic nitrogens is 2. The van der Waals surface area contributed by atoms with Gasteiger partial charge in [-0.3, -0.25) is 9.20 Å². The first-order valence-electron chi connectivity index (χ1n) is 8.14. The predicted molar refractivity (Wildman–Crippen MR) is 90.8 cm³/mol. The number of aliphatic hydroxyl groups excluding tert-OH is 1. The lowest BCUT2D eigenvalue weighted by molar-refractivity contribution is 0.0630. The Bertz CT molecular complexity index is 888. The fourth-order valence-electron chi connectivity index (χ4n) is 3.56. The molecule has 0 radical (unpaired) electrons. The summed E-state index contributed by atoms with van der Waals surface area (Å²) in [6.45, 7) is 2.39. The third-order valence-corrected chi connectivity index (χ3v) is 4.67. The standard InChI is InChI=1S/C19H19N3O2/c1-13-17(21-11-6-5-9-16(21)20-13)19(24)22-12-10-15(23)18(22)14-7-3-2-4-8-14/h2-9,11,15,18,23H,10,12H2,1H3/t15-,18-/m1/s1. The van der Waals surface area contributed by atoms with E-state index in [0.717, 1.165) is 11.2 Å². The van der Waals surface area contributed by atoms with E-state index in [-0.39, 0.29) is 11.9 Å². The molecule has 0 aliphatic carbocycles. The molecule has 1 saturated heterocycles. The minimum atomic E-state index is -0.546. The largest absolute Gasteiger partial charge is 0.391 e. The van der Waals surface area contributed by atoms with E-state index in [1.165, 1.54) is 0 Å². The van der Waals surface area contributed by atoms with E-state index in [2.05, 4.69) is 4.98 Å². The van der Waals surface area contributed by atoms with Crippen molar-refractivity contribution < 1.29 is 9.90 Å². The number of aryl methyl sites for hydroxylation is 1. The van der Waals surface area contributed by atoms with Crippen LogP contribution in [-0.2, 0) is 0 Å². The lowest BCUT2D eigenvalue weighted by Gasteiger charge is -2.26. The highest BCUT2D eigenvalue weighted by Gasteiger charge is 2.38. The average molecular weight is 321 g/mol. The zero-order chi connectivity index (χ0) is 16.7. The van der Waals surface area contributed by atoms with Crippen LogP contribution in [0, 0.1) is 6.92 Å². The van der Waals surface area contributed by atoms with Crippen molar-refractivity contribution in [1.82, 2.24) is 14.3 Å². The smallest absolute Gasteiger partial charge is 0.273 e. The van der Waals surface area contributed by atoms with Crippen LogP contribution in [0.4, 0.5) is 0 Å². The first-order chi connectivity index (χ1) is 11.7. The Morgan fingerprint density at radius 2 is 1.92 bits per heavy atom. The summed E-state index contributed by atoms with van der Waals surface area (Å²) >= 11 is 0. The maximum Gasteiger partial charge on any atom is 0.273 e. The third kappa shape index (κ3) is 2.29. The van der Waals surface area contributed by atoms with Gasteiger partial charge in [-0.2, -0.15) is 0 Å². The monoisotopic (exact) mass is 321 g/mol. The fourth-order valence-corrected chi connectivity index (χ4v) is 3.56. The molecule has 0 saturated carbocycles. The van der Waals surface area contributed by atoms with Crippen LogP contribution in [0.25, 0.3) is 5.65 Å². The Hall–Kier alpha value is -2.66. The average Bonchev–Trinajstić information content (AvgIpc) is 3.14. The highest BCUT2D eigenvalue weighted by Crippen LogP contribution is 2.34.